The smallest absolute Gasteiger partial charge is 0.103 e. The minimum atomic E-state index is -0.0592. The van der Waals surface area contributed by atoms with E-state index in [9.17, 15) is 0 Å². The van der Waals surface area contributed by atoms with Gasteiger partial charge in [-0.25, -0.2) is 0 Å². The summed E-state index contributed by atoms with van der Waals surface area (Å²) in [5, 5.41) is 0. The first kappa shape index (κ1) is 38.9. The van der Waals surface area contributed by atoms with Crippen LogP contribution in [0.4, 0.5) is 0 Å². The summed E-state index contributed by atoms with van der Waals surface area (Å²) in [5.74, 6) is 0.717. The Kier molecular flexibility index (Phi) is 15.3. The second-order valence-electron chi connectivity index (χ2n) is 14.5. The largest absolute Gasteiger partial charge is 0.371 e. The van der Waals surface area contributed by atoms with E-state index in [1.54, 1.807) is 0 Å². The highest BCUT2D eigenvalue weighted by atomic mass is 16.6. The number of fused-ring (bicyclic) bond motifs is 4. The number of aryl methyl sites for hydroxylation is 3. The van der Waals surface area contributed by atoms with Gasteiger partial charge in [0.2, 0.25) is 0 Å². The molecule has 5 heteroatoms. The van der Waals surface area contributed by atoms with Crippen LogP contribution >= 0.6 is 0 Å². The van der Waals surface area contributed by atoms with E-state index in [4.69, 9.17) is 23.7 Å². The standard InChI is InChI=1S/C25H36O5.3C7H8/c1-4-17-15(2)8-7-10-18-19(27-17)11-12-20-22(28-18)14-23-25(30-20)16(3)24-21(29-23)9-5-6-13-26-24;3*1-7-5-3-2-4-6-7/h5-8,11-12,15-25H,4,9-10,13-14H2,1-3H3;3*2-6H,1H3/b8-7-;;;/t15-,16+,17+,18+,19-,20+,21-,22-,23+,24+,25-;;;/m0.../s1. The Morgan fingerprint density at radius 1 is 0.529 bits per heavy atom. The molecule has 5 heterocycles. The van der Waals surface area contributed by atoms with Gasteiger partial charge < -0.3 is 23.7 Å². The quantitative estimate of drug-likeness (QED) is 0.238. The fourth-order valence-corrected chi connectivity index (χ4v) is 7.41. The van der Waals surface area contributed by atoms with E-state index in [0.29, 0.717) is 18.4 Å². The van der Waals surface area contributed by atoms with E-state index >= 15 is 0 Å². The summed E-state index contributed by atoms with van der Waals surface area (Å²) < 4.78 is 32.4. The maximum absolute atomic E-state index is 6.64. The molecule has 0 amide bonds. The molecule has 0 aromatic heterocycles. The van der Waals surface area contributed by atoms with E-state index < -0.39 is 0 Å². The minimum absolute atomic E-state index is 0.00239. The van der Waals surface area contributed by atoms with Crippen LogP contribution in [0.1, 0.15) is 63.1 Å². The van der Waals surface area contributed by atoms with Crippen molar-refractivity contribution in [1.82, 2.24) is 0 Å². The van der Waals surface area contributed by atoms with E-state index in [1.807, 2.05) is 54.6 Å². The average molecular weight is 693 g/mol. The van der Waals surface area contributed by atoms with Gasteiger partial charge in [0, 0.05) is 18.3 Å². The van der Waals surface area contributed by atoms with E-state index in [1.165, 1.54) is 16.7 Å². The normalized spacial score (nSPS) is 34.0. The fraction of sp³-hybridized carbons (Fsp3) is 0.478. The number of rotatable bonds is 1. The first-order valence-corrected chi connectivity index (χ1v) is 19.1. The van der Waals surface area contributed by atoms with Gasteiger partial charge in [0.15, 0.2) is 0 Å². The van der Waals surface area contributed by atoms with Crippen LogP contribution in [-0.2, 0) is 23.7 Å². The Morgan fingerprint density at radius 3 is 1.59 bits per heavy atom. The molecule has 5 aliphatic heterocycles. The summed E-state index contributed by atoms with van der Waals surface area (Å²) in [6, 6.07) is 30.8. The number of hydrogen-bond donors (Lipinski definition) is 0. The molecule has 0 N–H and O–H groups in total. The number of hydrogen-bond acceptors (Lipinski definition) is 5. The molecule has 5 aliphatic rings. The third-order valence-corrected chi connectivity index (χ3v) is 10.3. The molecule has 0 spiro atoms. The Balaban J connectivity index is 0.000000192. The van der Waals surface area contributed by atoms with Gasteiger partial charge in [-0.3, -0.25) is 0 Å². The highest BCUT2D eigenvalue weighted by Gasteiger charge is 2.51. The van der Waals surface area contributed by atoms with E-state index in [0.717, 1.165) is 25.7 Å². The molecule has 274 valence electrons. The Hall–Kier alpha value is -3.32. The molecule has 11 atom stereocenters. The van der Waals surface area contributed by atoms with Gasteiger partial charge in [-0.2, -0.15) is 0 Å². The van der Waals surface area contributed by atoms with Crippen LogP contribution in [0.3, 0.4) is 0 Å². The van der Waals surface area contributed by atoms with Crippen LogP contribution < -0.4 is 0 Å². The Labute approximate surface area is 307 Å². The monoisotopic (exact) mass is 692 g/mol. The van der Waals surface area contributed by atoms with Gasteiger partial charge >= 0.3 is 0 Å². The summed E-state index contributed by atoms with van der Waals surface area (Å²) in [6.07, 6.45) is 17.3. The van der Waals surface area contributed by atoms with Crippen molar-refractivity contribution in [2.75, 3.05) is 6.61 Å². The van der Waals surface area contributed by atoms with Gasteiger partial charge in [-0.1, -0.05) is 165 Å². The van der Waals surface area contributed by atoms with Crippen molar-refractivity contribution < 1.29 is 23.7 Å². The molecular formula is C46H60O5. The van der Waals surface area contributed by atoms with Crippen molar-refractivity contribution in [3.8, 4) is 0 Å². The van der Waals surface area contributed by atoms with Crippen LogP contribution in [0.5, 0.6) is 0 Å². The fourth-order valence-electron chi connectivity index (χ4n) is 7.41. The van der Waals surface area contributed by atoms with Crippen molar-refractivity contribution >= 4 is 0 Å². The Morgan fingerprint density at radius 2 is 1.06 bits per heavy atom. The summed E-state index contributed by atoms with van der Waals surface area (Å²) in [5.41, 5.74) is 3.97. The Bertz CT molecular complexity index is 1400. The molecule has 2 saturated heterocycles. The molecule has 0 saturated carbocycles. The predicted octanol–water partition coefficient (Wildman–Crippen LogP) is 9.96. The molecular weight excluding hydrogens is 633 g/mol. The maximum Gasteiger partial charge on any atom is 0.103 e. The highest BCUT2D eigenvalue weighted by Crippen LogP contribution is 2.41. The lowest BCUT2D eigenvalue weighted by Gasteiger charge is -2.50. The lowest BCUT2D eigenvalue weighted by molar-refractivity contribution is -0.270. The van der Waals surface area contributed by atoms with Crippen LogP contribution in [0, 0.1) is 32.6 Å². The van der Waals surface area contributed by atoms with Crippen molar-refractivity contribution in [1.29, 1.82) is 0 Å². The molecule has 3 aromatic rings. The van der Waals surface area contributed by atoms with Crippen LogP contribution in [0.15, 0.2) is 127 Å². The van der Waals surface area contributed by atoms with Gasteiger partial charge in [0.05, 0.1) is 49.3 Å². The maximum atomic E-state index is 6.64. The van der Waals surface area contributed by atoms with Crippen molar-refractivity contribution in [3.63, 3.8) is 0 Å². The first-order valence-electron chi connectivity index (χ1n) is 19.1. The lowest BCUT2D eigenvalue weighted by Crippen LogP contribution is -2.60. The predicted molar refractivity (Wildman–Crippen MR) is 208 cm³/mol. The summed E-state index contributed by atoms with van der Waals surface area (Å²) in [7, 11) is 0. The highest BCUT2D eigenvalue weighted by molar-refractivity contribution is 5.14. The third-order valence-electron chi connectivity index (χ3n) is 10.3. The van der Waals surface area contributed by atoms with E-state index in [-0.39, 0.29) is 54.9 Å². The topological polar surface area (TPSA) is 46.2 Å². The molecule has 3 aromatic carbocycles. The molecule has 51 heavy (non-hydrogen) atoms. The van der Waals surface area contributed by atoms with E-state index in [2.05, 4.69) is 114 Å². The number of benzene rings is 3. The van der Waals surface area contributed by atoms with Crippen LogP contribution in [0.25, 0.3) is 0 Å². The van der Waals surface area contributed by atoms with Crippen LogP contribution in [0.2, 0.25) is 0 Å². The molecule has 0 unspecified atom stereocenters. The van der Waals surface area contributed by atoms with Gasteiger partial charge in [0.25, 0.3) is 0 Å². The van der Waals surface area contributed by atoms with Gasteiger partial charge in [0.1, 0.15) is 12.2 Å². The zero-order valence-corrected chi connectivity index (χ0v) is 31.6. The van der Waals surface area contributed by atoms with Gasteiger partial charge in [-0.15, -0.1) is 0 Å². The summed E-state index contributed by atoms with van der Waals surface area (Å²) in [4.78, 5) is 0. The summed E-state index contributed by atoms with van der Waals surface area (Å²) in [6.45, 7) is 13.6. The number of ether oxygens (including phenoxy) is 5. The molecule has 0 bridgehead atoms. The SMILES string of the molecule is CC[C@H]1O[C@H]2C=C[C@H]3O[C@H]4[C@H](C)[C@H]5OCC=CC[C@@H]5O[C@@H]4C[C@@H]3O[C@@H]2C/C=C\[C@@H]1C.Cc1ccccc1.Cc1ccccc1.Cc1ccccc1. The second kappa shape index (κ2) is 20.1. The lowest BCUT2D eigenvalue weighted by atomic mass is 9.82. The van der Waals surface area contributed by atoms with Crippen molar-refractivity contribution in [2.24, 2.45) is 11.8 Å². The minimum Gasteiger partial charge on any atom is -0.371 e. The average Bonchev–Trinajstić information content (AvgIpc) is 3.47. The third kappa shape index (κ3) is 11.6. The van der Waals surface area contributed by atoms with Crippen LogP contribution in [-0.4, -0.2) is 61.5 Å². The zero-order valence-electron chi connectivity index (χ0n) is 31.6. The van der Waals surface area contributed by atoms with Gasteiger partial charge in [-0.05, 0) is 40.0 Å². The molecule has 0 aliphatic carbocycles. The summed E-state index contributed by atoms with van der Waals surface area (Å²) >= 11 is 0. The molecule has 2 fully saturated rings. The molecule has 0 radical (unpaired) electrons. The molecule has 5 nitrogen and oxygen atoms in total. The van der Waals surface area contributed by atoms with Crippen molar-refractivity contribution in [2.45, 2.75) is 122 Å². The van der Waals surface area contributed by atoms with Crippen molar-refractivity contribution in [3.05, 3.63) is 144 Å². The first-order chi connectivity index (χ1) is 24.8. The zero-order chi connectivity index (χ0) is 36.0. The second-order valence-corrected chi connectivity index (χ2v) is 14.5. The molecule has 8 rings (SSSR count).